The van der Waals surface area contributed by atoms with Crippen molar-refractivity contribution in [2.45, 2.75) is 44.7 Å². The minimum atomic E-state index is -3.76. The number of hydrogen-bond donors (Lipinski definition) is 2. The predicted octanol–water partition coefficient (Wildman–Crippen LogP) is 3.27. The first kappa shape index (κ1) is 19.9. The summed E-state index contributed by atoms with van der Waals surface area (Å²) >= 11 is 0. The highest BCUT2D eigenvalue weighted by Crippen LogP contribution is 2.25. The molecule has 0 saturated carbocycles. The molecule has 0 aliphatic carbocycles. The van der Waals surface area contributed by atoms with Crippen molar-refractivity contribution in [1.29, 1.82) is 5.26 Å². The lowest BCUT2D eigenvalue weighted by Gasteiger charge is -2.18. The zero-order chi connectivity index (χ0) is 20.5. The molecule has 0 fully saturated rings. The second-order valence-corrected chi connectivity index (χ2v) is 8.83. The van der Waals surface area contributed by atoms with Gasteiger partial charge in [0.05, 0.1) is 18.2 Å². The highest BCUT2D eigenvalue weighted by Gasteiger charge is 2.23. The molecule has 2 aromatic carbocycles. The van der Waals surface area contributed by atoms with Crippen LogP contribution in [-0.2, 0) is 23.0 Å². The van der Waals surface area contributed by atoms with Gasteiger partial charge in [0, 0.05) is 29.7 Å². The van der Waals surface area contributed by atoms with Gasteiger partial charge >= 0.3 is 0 Å². The van der Waals surface area contributed by atoms with Gasteiger partial charge in [-0.2, -0.15) is 5.26 Å². The predicted molar refractivity (Wildman–Crippen MR) is 111 cm³/mol. The molecule has 28 heavy (non-hydrogen) atoms. The Bertz CT molecular complexity index is 1150. The van der Waals surface area contributed by atoms with Crippen LogP contribution in [0.4, 0.5) is 5.69 Å². The number of nitrogen functional groups attached to an aromatic ring is 1. The van der Waals surface area contributed by atoms with Crippen LogP contribution in [0, 0.1) is 25.2 Å². The first-order chi connectivity index (χ1) is 13.2. The number of nitrogens with zero attached hydrogens (tertiary/aromatic N) is 2. The number of nitrogens with one attached hydrogen (secondary N) is 1. The van der Waals surface area contributed by atoms with Gasteiger partial charge in [0.25, 0.3) is 0 Å². The average Bonchev–Trinajstić information content (AvgIpc) is 2.91. The molecule has 0 radical (unpaired) electrons. The number of sulfonamides is 1. The van der Waals surface area contributed by atoms with Crippen molar-refractivity contribution >= 4 is 26.6 Å². The summed E-state index contributed by atoms with van der Waals surface area (Å²) in [6.07, 6.45) is 2.23. The van der Waals surface area contributed by atoms with Gasteiger partial charge in [-0.25, -0.2) is 13.1 Å². The summed E-state index contributed by atoms with van der Waals surface area (Å²) in [6, 6.07) is 13.1. The molecule has 3 N–H and O–H groups in total. The van der Waals surface area contributed by atoms with Gasteiger partial charge in [-0.05, 0) is 49.6 Å². The summed E-state index contributed by atoms with van der Waals surface area (Å²) in [5, 5.41) is 10.1. The molecule has 1 atom stereocenters. The zero-order valence-electron chi connectivity index (χ0n) is 16.2. The van der Waals surface area contributed by atoms with Crippen LogP contribution in [-0.4, -0.2) is 19.0 Å². The third kappa shape index (κ3) is 3.88. The highest BCUT2D eigenvalue weighted by molar-refractivity contribution is 7.89. The molecule has 7 heteroatoms. The third-order valence-corrected chi connectivity index (χ3v) is 6.49. The number of nitrogens with two attached hydrogens (primary N) is 1. The Morgan fingerprint density at radius 3 is 2.64 bits per heavy atom. The SMILES string of the molecule is Cc1cc(C)c(S(=O)(=O)NC(C)Cn2cc(CC#N)c3ccccc32)c(N)c1. The number of rotatable bonds is 6. The molecular formula is C21H24N4O2S. The molecule has 3 rings (SSSR count). The Kier molecular flexibility index (Phi) is 5.45. The summed E-state index contributed by atoms with van der Waals surface area (Å²) in [7, 11) is -3.76. The average molecular weight is 397 g/mol. The molecular weight excluding hydrogens is 372 g/mol. The van der Waals surface area contributed by atoms with Gasteiger partial charge in [0.1, 0.15) is 4.90 Å². The van der Waals surface area contributed by atoms with Crippen molar-refractivity contribution in [3.8, 4) is 6.07 Å². The van der Waals surface area contributed by atoms with Crippen LogP contribution in [0.15, 0.2) is 47.5 Å². The first-order valence-corrected chi connectivity index (χ1v) is 10.5. The molecule has 6 nitrogen and oxygen atoms in total. The molecule has 0 saturated heterocycles. The second-order valence-electron chi connectivity index (χ2n) is 7.18. The van der Waals surface area contributed by atoms with E-state index in [9.17, 15) is 8.42 Å². The van der Waals surface area contributed by atoms with Crippen molar-refractivity contribution in [3.05, 3.63) is 59.3 Å². The lowest BCUT2D eigenvalue weighted by molar-refractivity contribution is 0.526. The number of aryl methyl sites for hydroxylation is 2. The van der Waals surface area contributed by atoms with E-state index in [1.165, 1.54) is 0 Å². The fraction of sp³-hybridized carbons (Fsp3) is 0.286. The van der Waals surface area contributed by atoms with Crippen LogP contribution >= 0.6 is 0 Å². The monoisotopic (exact) mass is 396 g/mol. The Morgan fingerprint density at radius 2 is 1.96 bits per heavy atom. The number of fused-ring (bicyclic) bond motifs is 1. The van der Waals surface area contributed by atoms with E-state index in [1.54, 1.807) is 13.0 Å². The Balaban J connectivity index is 1.88. The van der Waals surface area contributed by atoms with Gasteiger partial charge in [-0.15, -0.1) is 0 Å². The summed E-state index contributed by atoms with van der Waals surface area (Å²) in [4.78, 5) is 0.132. The maximum Gasteiger partial charge on any atom is 0.243 e. The van der Waals surface area contributed by atoms with Gasteiger partial charge in [0.2, 0.25) is 10.0 Å². The standard InChI is InChI=1S/C21H24N4O2S/c1-14-10-15(2)21(19(23)11-14)28(26,27)24-16(3)12-25-13-17(8-9-22)18-6-4-5-7-20(18)25/h4-7,10-11,13,16,24H,8,12,23H2,1-3H3. The van der Waals surface area contributed by atoms with Crippen molar-refractivity contribution in [2.24, 2.45) is 0 Å². The van der Waals surface area contributed by atoms with Crippen LogP contribution in [0.2, 0.25) is 0 Å². The Labute approximate surface area is 165 Å². The molecule has 1 unspecified atom stereocenters. The molecule has 0 aliphatic heterocycles. The van der Waals surface area contributed by atoms with Gasteiger partial charge in [-0.1, -0.05) is 24.3 Å². The van der Waals surface area contributed by atoms with E-state index in [0.717, 1.165) is 22.0 Å². The van der Waals surface area contributed by atoms with Crippen LogP contribution < -0.4 is 10.5 Å². The van der Waals surface area contributed by atoms with E-state index in [4.69, 9.17) is 11.0 Å². The summed E-state index contributed by atoms with van der Waals surface area (Å²) < 4.78 is 30.5. The highest BCUT2D eigenvalue weighted by atomic mass is 32.2. The Hall–Kier alpha value is -2.82. The third-order valence-electron chi connectivity index (χ3n) is 4.68. The topological polar surface area (TPSA) is 101 Å². The zero-order valence-corrected chi connectivity index (χ0v) is 17.0. The minimum absolute atomic E-state index is 0.132. The number of para-hydroxylation sites is 1. The lowest BCUT2D eigenvalue weighted by Crippen LogP contribution is -2.36. The number of benzene rings is 2. The molecule has 0 bridgehead atoms. The molecule has 146 valence electrons. The largest absolute Gasteiger partial charge is 0.398 e. The van der Waals surface area contributed by atoms with Gasteiger partial charge in [-0.3, -0.25) is 0 Å². The van der Waals surface area contributed by atoms with E-state index >= 15 is 0 Å². The number of hydrogen-bond acceptors (Lipinski definition) is 4. The second kappa shape index (κ2) is 7.66. The summed E-state index contributed by atoms with van der Waals surface area (Å²) in [5.74, 6) is 0. The van der Waals surface area contributed by atoms with Crippen LogP contribution in [0.1, 0.15) is 23.6 Å². The maximum atomic E-state index is 12.9. The normalized spacial score (nSPS) is 12.8. The quantitative estimate of drug-likeness (QED) is 0.624. The molecule has 1 aromatic heterocycles. The fourth-order valence-electron chi connectivity index (χ4n) is 3.71. The summed E-state index contributed by atoms with van der Waals surface area (Å²) in [6.45, 7) is 5.88. The van der Waals surface area contributed by atoms with Gasteiger partial charge in [0.15, 0.2) is 0 Å². The Morgan fingerprint density at radius 1 is 1.25 bits per heavy atom. The smallest absolute Gasteiger partial charge is 0.243 e. The van der Waals surface area contributed by atoms with Crippen molar-refractivity contribution in [2.75, 3.05) is 5.73 Å². The molecule has 0 amide bonds. The van der Waals surface area contributed by atoms with Crippen LogP contribution in [0.25, 0.3) is 10.9 Å². The lowest BCUT2D eigenvalue weighted by atomic mass is 10.1. The number of nitriles is 1. The molecule has 1 heterocycles. The van der Waals surface area contributed by atoms with E-state index in [2.05, 4.69) is 10.8 Å². The molecule has 3 aromatic rings. The van der Waals surface area contributed by atoms with Crippen LogP contribution in [0.3, 0.4) is 0 Å². The molecule has 0 spiro atoms. The van der Waals surface area contributed by atoms with Gasteiger partial charge < -0.3 is 10.3 Å². The fourth-order valence-corrected chi connectivity index (χ4v) is 5.28. The van der Waals surface area contributed by atoms with Crippen molar-refractivity contribution < 1.29 is 8.42 Å². The van der Waals surface area contributed by atoms with E-state index in [0.29, 0.717) is 18.5 Å². The molecule has 0 aliphatic rings. The maximum absolute atomic E-state index is 12.9. The van der Waals surface area contributed by atoms with Crippen molar-refractivity contribution in [3.63, 3.8) is 0 Å². The summed E-state index contributed by atoms with van der Waals surface area (Å²) in [5.41, 5.74) is 9.70. The minimum Gasteiger partial charge on any atom is -0.398 e. The number of anilines is 1. The van der Waals surface area contributed by atoms with Crippen LogP contribution in [0.5, 0.6) is 0 Å². The van der Waals surface area contributed by atoms with Crippen molar-refractivity contribution in [1.82, 2.24) is 9.29 Å². The van der Waals surface area contributed by atoms with E-state index < -0.39 is 10.0 Å². The first-order valence-electron chi connectivity index (χ1n) is 9.05. The van der Waals surface area contributed by atoms with E-state index in [1.807, 2.05) is 54.9 Å². The number of aromatic nitrogens is 1. The van der Waals surface area contributed by atoms with E-state index in [-0.39, 0.29) is 16.6 Å².